The molecule has 2 heterocycles. The quantitative estimate of drug-likeness (QED) is 0.619. The van der Waals surface area contributed by atoms with Gasteiger partial charge in [0.2, 0.25) is 0 Å². The van der Waals surface area contributed by atoms with Gasteiger partial charge in [-0.25, -0.2) is 0 Å². The smallest absolute Gasteiger partial charge is 0.293 e. The maximum atomic E-state index is 9.60. The van der Waals surface area contributed by atoms with E-state index in [0.29, 0.717) is 6.47 Å². The van der Waals surface area contributed by atoms with Crippen LogP contribution < -0.4 is 5.32 Å². The van der Waals surface area contributed by atoms with Gasteiger partial charge in [-0.1, -0.05) is 11.8 Å². The van der Waals surface area contributed by atoms with Crippen molar-refractivity contribution in [1.82, 2.24) is 15.1 Å². The van der Waals surface area contributed by atoms with Crippen molar-refractivity contribution < 1.29 is 9.53 Å². The van der Waals surface area contributed by atoms with Crippen LogP contribution in [-0.2, 0) is 9.53 Å². The molecule has 25 heavy (non-hydrogen) atoms. The maximum Gasteiger partial charge on any atom is 0.293 e. The summed E-state index contributed by atoms with van der Waals surface area (Å²) in [5.74, 6) is 8.60. The Bertz CT molecular complexity index is 429. The van der Waals surface area contributed by atoms with Gasteiger partial charge in [-0.05, 0) is 53.6 Å². The number of hydrogen-bond acceptors (Lipinski definition) is 5. The summed E-state index contributed by atoms with van der Waals surface area (Å²) >= 11 is 0. The van der Waals surface area contributed by atoms with Gasteiger partial charge >= 0.3 is 0 Å². The predicted molar refractivity (Wildman–Crippen MR) is 104 cm³/mol. The molecule has 1 N–H and O–H groups in total. The Morgan fingerprint density at radius 1 is 1.08 bits per heavy atom. The Hall–Kier alpha value is -1.53. The molecular weight excluding hydrogens is 314 g/mol. The van der Waals surface area contributed by atoms with E-state index in [1.54, 1.807) is 0 Å². The maximum absolute atomic E-state index is 9.60. The van der Waals surface area contributed by atoms with E-state index in [2.05, 4.69) is 37.6 Å². The first kappa shape index (κ1) is 23.5. The predicted octanol–water partition coefficient (Wildman–Crippen LogP) is 1.59. The van der Waals surface area contributed by atoms with E-state index in [9.17, 15) is 4.79 Å². The first-order chi connectivity index (χ1) is 11.9. The van der Waals surface area contributed by atoms with Gasteiger partial charge in [0.15, 0.2) is 0 Å². The van der Waals surface area contributed by atoms with E-state index in [1.807, 2.05) is 27.7 Å². The van der Waals surface area contributed by atoms with E-state index < -0.39 is 0 Å². The van der Waals surface area contributed by atoms with Crippen LogP contribution in [0.1, 0.15) is 40.5 Å². The third kappa shape index (κ3) is 15.7. The fourth-order valence-electron chi connectivity index (χ4n) is 2.27. The van der Waals surface area contributed by atoms with Crippen LogP contribution in [0.15, 0.2) is 0 Å². The SMILES string of the molecule is C#CCN1CCCC1.CC#CCN1CCNCC1.CC(C)(C)OC=O. The summed E-state index contributed by atoms with van der Waals surface area (Å²) in [4.78, 5) is 14.3. The molecule has 2 saturated heterocycles. The highest BCUT2D eigenvalue weighted by Crippen LogP contribution is 2.05. The molecule has 2 aliphatic heterocycles. The van der Waals surface area contributed by atoms with E-state index in [4.69, 9.17) is 6.42 Å². The van der Waals surface area contributed by atoms with Crippen molar-refractivity contribution in [3.63, 3.8) is 0 Å². The Morgan fingerprint density at radius 2 is 1.64 bits per heavy atom. The van der Waals surface area contributed by atoms with Gasteiger partial charge in [-0.2, -0.15) is 0 Å². The highest BCUT2D eigenvalue weighted by atomic mass is 16.5. The average Bonchev–Trinajstić information content (AvgIpc) is 3.08. The first-order valence-electron chi connectivity index (χ1n) is 9.03. The lowest BCUT2D eigenvalue weighted by Gasteiger charge is -2.24. The number of rotatable bonds is 3. The standard InChI is InChI=1S/C8H14N2.C7H11N.C5H10O2/c1-2-3-6-10-7-4-9-5-8-10;1-2-5-8-6-3-4-7-8;1-5(2,3)7-4-6/h9H,4-8H2,1H3;1H,3-7H2;4H,1-3H3. The first-order valence-corrected chi connectivity index (χ1v) is 9.03. The van der Waals surface area contributed by atoms with Crippen molar-refractivity contribution in [2.24, 2.45) is 0 Å². The zero-order valence-electron chi connectivity index (χ0n) is 16.4. The van der Waals surface area contributed by atoms with Crippen LogP contribution in [0.2, 0.25) is 0 Å². The molecule has 0 aromatic heterocycles. The normalized spacial score (nSPS) is 17.6. The van der Waals surface area contributed by atoms with Crippen LogP contribution in [-0.4, -0.2) is 74.2 Å². The molecule has 5 nitrogen and oxygen atoms in total. The largest absolute Gasteiger partial charge is 0.462 e. The third-order valence-electron chi connectivity index (χ3n) is 3.60. The van der Waals surface area contributed by atoms with Crippen LogP contribution in [0.25, 0.3) is 0 Å². The summed E-state index contributed by atoms with van der Waals surface area (Å²) in [5.41, 5.74) is -0.318. The van der Waals surface area contributed by atoms with Gasteiger partial charge < -0.3 is 10.1 Å². The van der Waals surface area contributed by atoms with Crippen molar-refractivity contribution in [3.8, 4) is 24.2 Å². The summed E-state index contributed by atoms with van der Waals surface area (Å²) < 4.78 is 4.55. The van der Waals surface area contributed by atoms with Crippen molar-refractivity contribution in [1.29, 1.82) is 0 Å². The number of nitrogens with zero attached hydrogens (tertiary/aromatic N) is 2. The topological polar surface area (TPSA) is 44.8 Å². The lowest BCUT2D eigenvalue weighted by molar-refractivity contribution is -0.138. The summed E-state index contributed by atoms with van der Waals surface area (Å²) in [6.45, 7) is 16.6. The Morgan fingerprint density at radius 3 is 2.04 bits per heavy atom. The summed E-state index contributed by atoms with van der Waals surface area (Å²) in [6.07, 6.45) is 7.79. The Kier molecular flexibility index (Phi) is 13.9. The van der Waals surface area contributed by atoms with Crippen LogP contribution in [0.4, 0.5) is 0 Å². The number of carbonyl (C=O) groups excluding carboxylic acids is 1. The number of terminal acetylenes is 1. The molecule has 0 unspecified atom stereocenters. The van der Waals surface area contributed by atoms with Crippen LogP contribution in [0, 0.1) is 24.2 Å². The molecule has 0 bridgehead atoms. The van der Waals surface area contributed by atoms with Gasteiger partial charge in [-0.3, -0.25) is 14.6 Å². The zero-order chi connectivity index (χ0) is 19.0. The van der Waals surface area contributed by atoms with Gasteiger partial charge in [0.25, 0.3) is 6.47 Å². The second kappa shape index (κ2) is 14.8. The van der Waals surface area contributed by atoms with Crippen molar-refractivity contribution in [2.45, 2.75) is 46.1 Å². The molecule has 2 fully saturated rings. The number of hydrogen-bond donors (Lipinski definition) is 1. The minimum absolute atomic E-state index is 0.318. The van der Waals surface area contributed by atoms with Crippen molar-refractivity contribution in [2.75, 3.05) is 52.4 Å². The molecule has 0 aliphatic carbocycles. The molecule has 5 heteroatoms. The fraction of sp³-hybridized carbons (Fsp3) is 0.750. The molecule has 0 amide bonds. The summed E-state index contributed by atoms with van der Waals surface area (Å²) in [5, 5.41) is 3.30. The Balaban J connectivity index is 0.000000353. The molecular formula is C20H35N3O2. The van der Waals surface area contributed by atoms with Crippen molar-refractivity contribution in [3.05, 3.63) is 0 Å². The lowest BCUT2D eigenvalue weighted by Crippen LogP contribution is -2.43. The number of nitrogens with one attached hydrogen (secondary N) is 1. The number of carbonyl (C=O) groups is 1. The molecule has 0 spiro atoms. The second-order valence-corrected chi connectivity index (χ2v) is 6.97. The highest BCUT2D eigenvalue weighted by molar-refractivity contribution is 5.37. The molecule has 0 aromatic carbocycles. The van der Waals surface area contributed by atoms with Crippen LogP contribution in [0.5, 0.6) is 0 Å². The Labute approximate surface area is 154 Å². The van der Waals surface area contributed by atoms with Gasteiger partial charge in [0, 0.05) is 26.2 Å². The van der Waals surface area contributed by atoms with Crippen LogP contribution in [0.3, 0.4) is 0 Å². The molecule has 142 valence electrons. The van der Waals surface area contributed by atoms with E-state index >= 15 is 0 Å². The monoisotopic (exact) mass is 349 g/mol. The number of piperazine rings is 1. The van der Waals surface area contributed by atoms with Gasteiger partial charge in [0.1, 0.15) is 5.60 Å². The molecule has 0 radical (unpaired) electrons. The van der Waals surface area contributed by atoms with E-state index in [1.165, 1.54) is 25.9 Å². The highest BCUT2D eigenvalue weighted by Gasteiger charge is 2.08. The van der Waals surface area contributed by atoms with Gasteiger partial charge in [-0.15, -0.1) is 12.3 Å². The molecule has 0 aromatic rings. The third-order valence-corrected chi connectivity index (χ3v) is 3.60. The number of ether oxygens (including phenoxy) is 1. The van der Waals surface area contributed by atoms with E-state index in [-0.39, 0.29) is 5.60 Å². The molecule has 2 rings (SSSR count). The minimum Gasteiger partial charge on any atom is -0.462 e. The minimum atomic E-state index is -0.318. The molecule has 0 saturated carbocycles. The second-order valence-electron chi connectivity index (χ2n) is 6.97. The van der Waals surface area contributed by atoms with E-state index in [0.717, 1.165) is 39.3 Å². The summed E-state index contributed by atoms with van der Waals surface area (Å²) in [6, 6.07) is 0. The lowest BCUT2D eigenvalue weighted by atomic mass is 10.2. The fourth-order valence-corrected chi connectivity index (χ4v) is 2.27. The van der Waals surface area contributed by atoms with Crippen LogP contribution >= 0.6 is 0 Å². The average molecular weight is 350 g/mol. The number of likely N-dealkylation sites (tertiary alicyclic amines) is 1. The zero-order valence-corrected chi connectivity index (χ0v) is 16.4. The molecule has 0 atom stereocenters. The van der Waals surface area contributed by atoms with Crippen molar-refractivity contribution >= 4 is 6.47 Å². The molecule has 2 aliphatic rings. The van der Waals surface area contributed by atoms with Gasteiger partial charge in [0.05, 0.1) is 13.1 Å². The summed E-state index contributed by atoms with van der Waals surface area (Å²) in [7, 11) is 0.